The molecule has 0 spiro atoms. The summed E-state index contributed by atoms with van der Waals surface area (Å²) in [6, 6.07) is 11.4. The number of rotatable bonds is 5. The summed E-state index contributed by atoms with van der Waals surface area (Å²) in [5.41, 5.74) is 1.58. The molecule has 0 aliphatic carbocycles. The van der Waals surface area contributed by atoms with Gasteiger partial charge in [0.25, 0.3) is 0 Å². The van der Waals surface area contributed by atoms with Gasteiger partial charge in [0.15, 0.2) is 11.7 Å². The lowest BCUT2D eigenvalue weighted by Crippen LogP contribution is -2.13. The molecule has 1 N–H and O–H groups in total. The topological polar surface area (TPSA) is 68.0 Å². The number of hydrogen-bond donors (Lipinski definition) is 1. The highest BCUT2D eigenvalue weighted by atomic mass is 19.1. The Morgan fingerprint density at radius 2 is 2.00 bits per heavy atom. The van der Waals surface area contributed by atoms with E-state index in [1.165, 1.54) is 12.1 Å². The third-order valence-electron chi connectivity index (χ3n) is 3.40. The lowest BCUT2D eigenvalue weighted by molar-refractivity contribution is -0.116. The Morgan fingerprint density at radius 1 is 1.21 bits per heavy atom. The fourth-order valence-corrected chi connectivity index (χ4v) is 2.21. The zero-order valence-electron chi connectivity index (χ0n) is 13.1. The third-order valence-corrected chi connectivity index (χ3v) is 3.40. The van der Waals surface area contributed by atoms with Crippen molar-refractivity contribution in [1.29, 1.82) is 0 Å². The second kappa shape index (κ2) is 7.04. The average molecular weight is 325 g/mol. The summed E-state index contributed by atoms with van der Waals surface area (Å²) in [7, 11) is 0. The molecule has 3 rings (SSSR count). The van der Waals surface area contributed by atoms with E-state index in [0.717, 1.165) is 11.3 Å². The van der Waals surface area contributed by atoms with Gasteiger partial charge >= 0.3 is 0 Å². The summed E-state index contributed by atoms with van der Waals surface area (Å²) >= 11 is 0. The number of nitrogens with one attached hydrogen (secondary N) is 1. The predicted octanol–water partition coefficient (Wildman–Crippen LogP) is 3.76. The maximum absolute atomic E-state index is 12.9. The molecule has 24 heavy (non-hydrogen) atoms. The molecule has 2 aromatic heterocycles. The molecule has 0 bridgehead atoms. The highest BCUT2D eigenvalue weighted by molar-refractivity contribution is 5.89. The van der Waals surface area contributed by atoms with Gasteiger partial charge in [-0.15, -0.1) is 0 Å². The largest absolute Gasteiger partial charge is 0.441 e. The van der Waals surface area contributed by atoms with Crippen LogP contribution in [-0.2, 0) is 11.2 Å². The second-order valence-corrected chi connectivity index (χ2v) is 5.34. The van der Waals surface area contributed by atoms with Gasteiger partial charge in [-0.2, -0.15) is 0 Å². The highest BCUT2D eigenvalue weighted by Crippen LogP contribution is 2.21. The molecule has 0 atom stereocenters. The van der Waals surface area contributed by atoms with Gasteiger partial charge in [0.1, 0.15) is 11.6 Å². The Labute approximate surface area is 138 Å². The molecule has 0 aliphatic heterocycles. The van der Waals surface area contributed by atoms with Crippen LogP contribution in [0.3, 0.4) is 0 Å². The Kier molecular flexibility index (Phi) is 4.65. The number of halogens is 1. The van der Waals surface area contributed by atoms with E-state index in [4.69, 9.17) is 4.42 Å². The van der Waals surface area contributed by atoms with E-state index in [9.17, 15) is 9.18 Å². The van der Waals surface area contributed by atoms with Crippen molar-refractivity contribution in [3.63, 3.8) is 0 Å². The van der Waals surface area contributed by atoms with Gasteiger partial charge in [-0.05, 0) is 43.3 Å². The molecule has 0 saturated heterocycles. The molecule has 122 valence electrons. The number of nitrogens with zero attached hydrogens (tertiary/aromatic N) is 2. The summed E-state index contributed by atoms with van der Waals surface area (Å²) in [5, 5.41) is 2.74. The van der Waals surface area contributed by atoms with E-state index in [1.807, 2.05) is 19.1 Å². The zero-order chi connectivity index (χ0) is 16.9. The van der Waals surface area contributed by atoms with Crippen molar-refractivity contribution in [3.05, 3.63) is 66.1 Å². The van der Waals surface area contributed by atoms with Crippen molar-refractivity contribution in [3.8, 4) is 11.3 Å². The van der Waals surface area contributed by atoms with E-state index < -0.39 is 0 Å². The molecule has 1 aromatic carbocycles. The van der Waals surface area contributed by atoms with Gasteiger partial charge < -0.3 is 9.73 Å². The van der Waals surface area contributed by atoms with Crippen LogP contribution in [0, 0.1) is 12.7 Å². The number of hydrogen-bond acceptors (Lipinski definition) is 4. The first-order chi connectivity index (χ1) is 11.6. The molecule has 0 aliphatic rings. The number of carbonyl (C=O) groups is 1. The molecular weight excluding hydrogens is 309 g/mol. The molecular formula is C18H16FN3O2. The van der Waals surface area contributed by atoms with Crippen LogP contribution in [-0.4, -0.2) is 15.9 Å². The van der Waals surface area contributed by atoms with Crippen molar-refractivity contribution < 1.29 is 13.6 Å². The summed E-state index contributed by atoms with van der Waals surface area (Å²) in [6.07, 6.45) is 2.18. The van der Waals surface area contributed by atoms with Crippen LogP contribution in [0.15, 0.2) is 53.1 Å². The maximum atomic E-state index is 12.9. The number of anilines is 1. The van der Waals surface area contributed by atoms with Crippen LogP contribution in [0.25, 0.3) is 11.3 Å². The molecule has 0 radical (unpaired) electrons. The number of amides is 1. The Balaban J connectivity index is 1.57. The molecule has 6 heteroatoms. The fraction of sp³-hybridized carbons (Fsp3) is 0.167. The van der Waals surface area contributed by atoms with Crippen molar-refractivity contribution in [2.24, 2.45) is 0 Å². The SMILES string of the molecule is Cc1cccc(NC(=O)CCc2ncc(-c3ccc(F)cc3)o2)n1. The fourth-order valence-electron chi connectivity index (χ4n) is 2.21. The van der Waals surface area contributed by atoms with Crippen LogP contribution in [0.5, 0.6) is 0 Å². The van der Waals surface area contributed by atoms with Crippen molar-refractivity contribution >= 4 is 11.7 Å². The number of carbonyl (C=O) groups excluding carboxylic acids is 1. The van der Waals surface area contributed by atoms with Crippen LogP contribution in [0.1, 0.15) is 18.0 Å². The molecule has 1 amide bonds. The number of benzene rings is 1. The van der Waals surface area contributed by atoms with Crippen LogP contribution in [0.4, 0.5) is 10.2 Å². The average Bonchev–Trinajstić information content (AvgIpc) is 3.03. The van der Waals surface area contributed by atoms with Crippen molar-refractivity contribution in [2.75, 3.05) is 5.32 Å². The van der Waals surface area contributed by atoms with Gasteiger partial charge in [0, 0.05) is 24.1 Å². The smallest absolute Gasteiger partial charge is 0.226 e. The van der Waals surface area contributed by atoms with Crippen molar-refractivity contribution in [1.82, 2.24) is 9.97 Å². The predicted molar refractivity (Wildman–Crippen MR) is 87.8 cm³/mol. The Morgan fingerprint density at radius 3 is 2.75 bits per heavy atom. The van der Waals surface area contributed by atoms with Crippen LogP contribution < -0.4 is 5.32 Å². The molecule has 0 unspecified atom stereocenters. The quantitative estimate of drug-likeness (QED) is 0.775. The van der Waals surface area contributed by atoms with Gasteiger partial charge in [0.2, 0.25) is 5.91 Å². The Bertz CT molecular complexity index is 843. The minimum Gasteiger partial charge on any atom is -0.441 e. The van der Waals surface area contributed by atoms with Crippen LogP contribution in [0.2, 0.25) is 0 Å². The van der Waals surface area contributed by atoms with E-state index in [2.05, 4.69) is 15.3 Å². The number of pyridine rings is 1. The van der Waals surface area contributed by atoms with Crippen LogP contribution >= 0.6 is 0 Å². The van der Waals surface area contributed by atoms with E-state index >= 15 is 0 Å². The van der Waals surface area contributed by atoms with Gasteiger partial charge in [-0.1, -0.05) is 6.07 Å². The molecule has 5 nitrogen and oxygen atoms in total. The molecule has 3 aromatic rings. The normalized spacial score (nSPS) is 10.6. The minimum atomic E-state index is -0.306. The lowest BCUT2D eigenvalue weighted by atomic mass is 10.2. The highest BCUT2D eigenvalue weighted by Gasteiger charge is 2.10. The molecule has 2 heterocycles. The first-order valence-corrected chi connectivity index (χ1v) is 7.54. The summed E-state index contributed by atoms with van der Waals surface area (Å²) < 4.78 is 18.5. The summed E-state index contributed by atoms with van der Waals surface area (Å²) in [6.45, 7) is 1.86. The Hall–Kier alpha value is -3.02. The maximum Gasteiger partial charge on any atom is 0.226 e. The number of aromatic nitrogens is 2. The summed E-state index contributed by atoms with van der Waals surface area (Å²) in [4.78, 5) is 20.3. The first kappa shape index (κ1) is 15.9. The lowest BCUT2D eigenvalue weighted by Gasteiger charge is -2.03. The van der Waals surface area contributed by atoms with E-state index in [1.54, 1.807) is 24.4 Å². The molecule has 0 fully saturated rings. The standard InChI is InChI=1S/C18H16FN3O2/c1-12-3-2-4-16(21-12)22-17(23)9-10-18-20-11-15(24-18)13-5-7-14(19)8-6-13/h2-8,11H,9-10H2,1H3,(H,21,22,23). The minimum absolute atomic E-state index is 0.158. The van der Waals surface area contributed by atoms with Gasteiger partial charge in [-0.3, -0.25) is 4.79 Å². The van der Waals surface area contributed by atoms with Crippen molar-refractivity contribution in [2.45, 2.75) is 19.8 Å². The monoisotopic (exact) mass is 325 g/mol. The van der Waals surface area contributed by atoms with Gasteiger partial charge in [-0.25, -0.2) is 14.4 Å². The van der Waals surface area contributed by atoms with E-state index in [-0.39, 0.29) is 18.1 Å². The third kappa shape index (κ3) is 4.04. The number of oxazole rings is 1. The summed E-state index contributed by atoms with van der Waals surface area (Å²) in [5.74, 6) is 1.07. The van der Waals surface area contributed by atoms with Gasteiger partial charge in [0.05, 0.1) is 6.20 Å². The zero-order valence-corrected chi connectivity index (χ0v) is 13.1. The molecule has 0 saturated carbocycles. The number of aryl methyl sites for hydroxylation is 2. The second-order valence-electron chi connectivity index (χ2n) is 5.34. The van der Waals surface area contributed by atoms with E-state index in [0.29, 0.717) is 23.9 Å². The first-order valence-electron chi connectivity index (χ1n) is 7.54.